The summed E-state index contributed by atoms with van der Waals surface area (Å²) in [4.78, 5) is 23.4. The molecule has 1 amide bonds. The van der Waals surface area contributed by atoms with Crippen molar-refractivity contribution in [3.05, 3.63) is 47.7 Å². The first-order valence-electron chi connectivity index (χ1n) is 6.84. The summed E-state index contributed by atoms with van der Waals surface area (Å²) in [5.41, 5.74) is -0.826. The number of rotatable bonds is 5. The number of nitrogens with zero attached hydrogens (tertiary/aromatic N) is 2. The van der Waals surface area contributed by atoms with Crippen LogP contribution in [-0.2, 0) is 9.53 Å². The Morgan fingerprint density at radius 1 is 1.26 bits per heavy atom. The first kappa shape index (κ1) is 16.6. The van der Waals surface area contributed by atoms with Gasteiger partial charge in [-0.15, -0.1) is 0 Å². The normalized spacial score (nSPS) is 10.7. The van der Waals surface area contributed by atoms with E-state index in [1.807, 2.05) is 13.8 Å². The van der Waals surface area contributed by atoms with Crippen LogP contribution in [0, 0.1) is 11.6 Å². The highest BCUT2D eigenvalue weighted by atomic mass is 19.1. The number of halogens is 2. The van der Waals surface area contributed by atoms with Crippen LogP contribution in [0.3, 0.4) is 0 Å². The van der Waals surface area contributed by atoms with Crippen molar-refractivity contribution in [2.45, 2.75) is 19.9 Å². The molecule has 6 nitrogen and oxygen atoms in total. The van der Waals surface area contributed by atoms with Crippen molar-refractivity contribution in [2.75, 3.05) is 11.9 Å². The topological polar surface area (TPSA) is 73.2 Å². The maximum absolute atomic E-state index is 13.4. The highest BCUT2D eigenvalue weighted by Crippen LogP contribution is 2.14. The molecule has 0 radical (unpaired) electrons. The fourth-order valence-corrected chi connectivity index (χ4v) is 1.90. The minimum absolute atomic E-state index is 0.0235. The molecule has 2 rings (SSSR count). The van der Waals surface area contributed by atoms with E-state index in [9.17, 15) is 18.4 Å². The summed E-state index contributed by atoms with van der Waals surface area (Å²) >= 11 is 0. The molecule has 0 saturated carbocycles. The number of aromatic nitrogens is 2. The summed E-state index contributed by atoms with van der Waals surface area (Å²) < 4.78 is 33.0. The highest BCUT2D eigenvalue weighted by molar-refractivity contribution is 5.95. The minimum atomic E-state index is -1.24. The van der Waals surface area contributed by atoms with Crippen LogP contribution in [0.15, 0.2) is 30.5 Å². The summed E-state index contributed by atoms with van der Waals surface area (Å²) in [7, 11) is 0. The molecular weight excluding hydrogens is 308 g/mol. The van der Waals surface area contributed by atoms with Crippen LogP contribution >= 0.6 is 0 Å². The molecule has 0 spiro atoms. The summed E-state index contributed by atoms with van der Waals surface area (Å²) in [6, 6.07) is 4.59. The molecule has 0 unspecified atom stereocenters. The molecule has 0 aliphatic heterocycles. The SMILES string of the molecule is CC(C)n1nccc1NC(=O)COC(=O)c1c(F)cccc1F. The van der Waals surface area contributed by atoms with Gasteiger partial charge in [-0.05, 0) is 26.0 Å². The average molecular weight is 323 g/mol. The summed E-state index contributed by atoms with van der Waals surface area (Å²) in [6.07, 6.45) is 1.51. The number of hydrogen-bond donors (Lipinski definition) is 1. The lowest BCUT2D eigenvalue weighted by Crippen LogP contribution is -2.23. The van der Waals surface area contributed by atoms with Crippen molar-refractivity contribution in [3.8, 4) is 0 Å². The van der Waals surface area contributed by atoms with Crippen LogP contribution in [0.2, 0.25) is 0 Å². The van der Waals surface area contributed by atoms with Crippen molar-refractivity contribution in [3.63, 3.8) is 0 Å². The first-order chi connectivity index (χ1) is 10.9. The number of anilines is 1. The molecule has 1 N–H and O–H groups in total. The Bertz CT molecular complexity index is 708. The lowest BCUT2D eigenvalue weighted by atomic mass is 10.2. The van der Waals surface area contributed by atoms with Crippen molar-refractivity contribution in [1.29, 1.82) is 0 Å². The van der Waals surface area contributed by atoms with E-state index in [1.165, 1.54) is 6.20 Å². The van der Waals surface area contributed by atoms with Gasteiger partial charge in [0.2, 0.25) is 0 Å². The van der Waals surface area contributed by atoms with Gasteiger partial charge >= 0.3 is 5.97 Å². The largest absolute Gasteiger partial charge is 0.452 e. The van der Waals surface area contributed by atoms with Crippen molar-refractivity contribution < 1.29 is 23.1 Å². The Morgan fingerprint density at radius 3 is 2.52 bits per heavy atom. The lowest BCUT2D eigenvalue weighted by molar-refractivity contribution is -0.119. The second-order valence-electron chi connectivity index (χ2n) is 4.98. The number of carbonyl (C=O) groups excluding carboxylic acids is 2. The van der Waals surface area contributed by atoms with E-state index in [0.29, 0.717) is 5.82 Å². The van der Waals surface area contributed by atoms with Gasteiger partial charge in [-0.3, -0.25) is 4.79 Å². The predicted octanol–water partition coefficient (Wildman–Crippen LogP) is 2.54. The van der Waals surface area contributed by atoms with Crippen molar-refractivity contribution in [1.82, 2.24) is 9.78 Å². The lowest BCUT2D eigenvalue weighted by Gasteiger charge is -2.12. The maximum Gasteiger partial charge on any atom is 0.344 e. The number of benzene rings is 1. The third kappa shape index (κ3) is 3.91. The first-order valence-corrected chi connectivity index (χ1v) is 6.84. The number of hydrogen-bond acceptors (Lipinski definition) is 4. The molecule has 1 aromatic carbocycles. The van der Waals surface area contributed by atoms with E-state index in [-0.39, 0.29) is 6.04 Å². The standard InChI is InChI=1S/C15H15F2N3O3/c1-9(2)20-12(6-7-18-20)19-13(21)8-23-15(22)14-10(16)4-3-5-11(14)17/h3-7,9H,8H2,1-2H3,(H,19,21). The number of nitrogens with one attached hydrogen (secondary N) is 1. The van der Waals surface area contributed by atoms with E-state index in [0.717, 1.165) is 18.2 Å². The second kappa shape index (κ2) is 6.99. The van der Waals surface area contributed by atoms with Crippen LogP contribution in [0.1, 0.15) is 30.2 Å². The van der Waals surface area contributed by atoms with Gasteiger partial charge in [0.25, 0.3) is 5.91 Å². The van der Waals surface area contributed by atoms with E-state index >= 15 is 0 Å². The molecule has 2 aromatic rings. The molecular formula is C15H15F2N3O3. The van der Waals surface area contributed by atoms with E-state index in [2.05, 4.69) is 15.2 Å². The summed E-state index contributed by atoms with van der Waals surface area (Å²) in [5.74, 6) is -3.55. The quantitative estimate of drug-likeness (QED) is 0.858. The molecule has 0 aliphatic rings. The van der Waals surface area contributed by atoms with Crippen molar-refractivity contribution in [2.24, 2.45) is 0 Å². The third-order valence-electron chi connectivity index (χ3n) is 2.93. The smallest absolute Gasteiger partial charge is 0.344 e. The number of carbonyl (C=O) groups is 2. The molecule has 122 valence electrons. The molecule has 1 aromatic heterocycles. The number of esters is 1. The molecule has 23 heavy (non-hydrogen) atoms. The fraction of sp³-hybridized carbons (Fsp3) is 0.267. The Hall–Kier alpha value is -2.77. The van der Waals surface area contributed by atoms with Crippen LogP contribution < -0.4 is 5.32 Å². The van der Waals surface area contributed by atoms with Crippen LogP contribution in [0.4, 0.5) is 14.6 Å². The summed E-state index contributed by atoms with van der Waals surface area (Å²) in [6.45, 7) is 3.09. The van der Waals surface area contributed by atoms with Gasteiger partial charge < -0.3 is 10.1 Å². The number of ether oxygens (including phenoxy) is 1. The molecule has 0 saturated heterocycles. The molecule has 0 atom stereocenters. The zero-order valence-corrected chi connectivity index (χ0v) is 12.5. The molecule has 0 bridgehead atoms. The zero-order chi connectivity index (χ0) is 17.0. The van der Waals surface area contributed by atoms with Gasteiger partial charge in [-0.2, -0.15) is 5.10 Å². The average Bonchev–Trinajstić information content (AvgIpc) is 2.93. The molecule has 1 heterocycles. The predicted molar refractivity (Wildman–Crippen MR) is 77.9 cm³/mol. The van der Waals surface area contributed by atoms with Gasteiger partial charge in [-0.25, -0.2) is 18.3 Å². The highest BCUT2D eigenvalue weighted by Gasteiger charge is 2.20. The second-order valence-corrected chi connectivity index (χ2v) is 4.98. The van der Waals surface area contributed by atoms with Gasteiger partial charge in [0, 0.05) is 12.1 Å². The number of amides is 1. The van der Waals surface area contributed by atoms with Crippen molar-refractivity contribution >= 4 is 17.7 Å². The van der Waals surface area contributed by atoms with Crippen LogP contribution in [0.5, 0.6) is 0 Å². The van der Waals surface area contributed by atoms with E-state index < -0.39 is 35.7 Å². The van der Waals surface area contributed by atoms with Gasteiger partial charge in [0.05, 0.1) is 6.20 Å². The van der Waals surface area contributed by atoms with Gasteiger partial charge in [0.15, 0.2) is 6.61 Å². The minimum Gasteiger partial charge on any atom is -0.452 e. The molecule has 8 heteroatoms. The van der Waals surface area contributed by atoms with Gasteiger partial charge in [-0.1, -0.05) is 6.07 Å². The zero-order valence-electron chi connectivity index (χ0n) is 12.5. The van der Waals surface area contributed by atoms with E-state index in [4.69, 9.17) is 0 Å². The molecule has 0 aliphatic carbocycles. The monoisotopic (exact) mass is 323 g/mol. The van der Waals surface area contributed by atoms with Crippen LogP contribution in [0.25, 0.3) is 0 Å². The fourth-order valence-electron chi connectivity index (χ4n) is 1.90. The Balaban J connectivity index is 1.97. The van der Waals surface area contributed by atoms with Crippen LogP contribution in [-0.4, -0.2) is 28.3 Å². The summed E-state index contributed by atoms with van der Waals surface area (Å²) in [5, 5.41) is 6.53. The molecule has 0 fully saturated rings. The van der Waals surface area contributed by atoms with E-state index in [1.54, 1.807) is 10.7 Å². The Labute approximate surface area is 131 Å². The Morgan fingerprint density at radius 2 is 1.91 bits per heavy atom. The third-order valence-corrected chi connectivity index (χ3v) is 2.93. The maximum atomic E-state index is 13.4. The van der Waals surface area contributed by atoms with Gasteiger partial charge in [0.1, 0.15) is 23.0 Å². The Kier molecular flexibility index (Phi) is 5.05.